The van der Waals surface area contributed by atoms with Gasteiger partial charge in [-0.05, 0) is 109 Å². The Morgan fingerprint density at radius 1 is 0.279 bits per heavy atom. The maximum atomic E-state index is 6.80. The molecular formula is C80H50N4O2. The lowest BCUT2D eigenvalue weighted by Crippen LogP contribution is -2.11. The number of benzene rings is 13. The minimum Gasteiger partial charge on any atom is -0.454 e. The van der Waals surface area contributed by atoms with Crippen molar-refractivity contribution in [3.05, 3.63) is 278 Å². The van der Waals surface area contributed by atoms with Gasteiger partial charge in [-0.25, -0.2) is 0 Å². The summed E-state index contributed by atoms with van der Waals surface area (Å²) in [4.78, 5) is 4.79. The summed E-state index contributed by atoms with van der Waals surface area (Å²) in [6, 6.07) is 97.5. The van der Waals surface area contributed by atoms with Crippen molar-refractivity contribution < 1.29 is 8.83 Å². The Kier molecular flexibility index (Phi) is 9.65. The van der Waals surface area contributed by atoms with Gasteiger partial charge >= 0.3 is 0 Å². The molecule has 0 spiro atoms. The first-order valence-corrected chi connectivity index (χ1v) is 29.6. The second-order valence-electron chi connectivity index (χ2n) is 23.2. The van der Waals surface area contributed by atoms with Crippen molar-refractivity contribution in [2.45, 2.75) is 13.8 Å². The van der Waals surface area contributed by atoms with Crippen LogP contribution >= 0.6 is 0 Å². The van der Waals surface area contributed by atoms with Crippen LogP contribution < -0.4 is 9.80 Å². The predicted molar refractivity (Wildman–Crippen MR) is 360 cm³/mol. The molecule has 0 saturated heterocycles. The van der Waals surface area contributed by atoms with E-state index in [9.17, 15) is 0 Å². The van der Waals surface area contributed by atoms with Crippen molar-refractivity contribution in [1.29, 1.82) is 0 Å². The van der Waals surface area contributed by atoms with E-state index < -0.39 is 0 Å². The summed E-state index contributed by atoms with van der Waals surface area (Å²) >= 11 is 0. The van der Waals surface area contributed by atoms with E-state index in [4.69, 9.17) is 8.83 Å². The van der Waals surface area contributed by atoms with Crippen LogP contribution in [-0.4, -0.2) is 8.80 Å². The Bertz CT molecular complexity index is 5630. The van der Waals surface area contributed by atoms with Crippen LogP contribution in [0.1, 0.15) is 11.1 Å². The van der Waals surface area contributed by atoms with Crippen LogP contribution in [0.15, 0.2) is 276 Å². The minimum absolute atomic E-state index is 0.862. The van der Waals surface area contributed by atoms with Gasteiger partial charge in [0.15, 0.2) is 11.2 Å². The quantitative estimate of drug-likeness (QED) is 0.152. The van der Waals surface area contributed by atoms with Crippen molar-refractivity contribution in [2.75, 3.05) is 9.80 Å². The molecule has 0 saturated carbocycles. The van der Waals surface area contributed by atoms with E-state index in [-0.39, 0.29) is 0 Å². The van der Waals surface area contributed by atoms with E-state index in [2.05, 4.69) is 287 Å². The number of aromatic nitrogens is 2. The Labute approximate surface area is 493 Å². The van der Waals surface area contributed by atoms with Crippen LogP contribution in [0.3, 0.4) is 0 Å². The fraction of sp³-hybridized carbons (Fsp3) is 0.0250. The number of hydrogen-bond acceptors (Lipinski definition) is 4. The lowest BCUT2D eigenvalue weighted by Gasteiger charge is -2.27. The number of nitrogens with zero attached hydrogens (tertiary/aromatic N) is 4. The van der Waals surface area contributed by atoms with Crippen molar-refractivity contribution in [3.8, 4) is 22.3 Å². The largest absolute Gasteiger partial charge is 0.454 e. The highest BCUT2D eigenvalue weighted by Crippen LogP contribution is 2.55. The Hall–Kier alpha value is -11.3. The average molecular weight is 1100 g/mol. The number of fused-ring (bicyclic) bond motifs is 18. The lowest BCUT2D eigenvalue weighted by molar-refractivity contribution is 0.668. The normalized spacial score (nSPS) is 12.3. The van der Waals surface area contributed by atoms with Gasteiger partial charge in [0.2, 0.25) is 0 Å². The number of aryl methyl sites for hydroxylation is 2. The van der Waals surface area contributed by atoms with Crippen LogP contribution in [0.25, 0.3) is 142 Å². The van der Waals surface area contributed by atoms with Crippen molar-refractivity contribution in [1.82, 2.24) is 8.80 Å². The second kappa shape index (κ2) is 17.6. The summed E-state index contributed by atoms with van der Waals surface area (Å²) in [6.45, 7) is 4.40. The van der Waals surface area contributed by atoms with E-state index in [0.717, 1.165) is 89.0 Å². The van der Waals surface area contributed by atoms with E-state index in [1.807, 2.05) is 12.1 Å². The molecule has 6 aromatic heterocycles. The molecule has 6 heterocycles. The third kappa shape index (κ3) is 6.34. The van der Waals surface area contributed by atoms with Crippen molar-refractivity contribution in [2.24, 2.45) is 0 Å². The molecule has 0 amide bonds. The van der Waals surface area contributed by atoms with Crippen LogP contribution in [0.5, 0.6) is 0 Å². The van der Waals surface area contributed by atoms with Gasteiger partial charge in [-0.2, -0.15) is 0 Å². The van der Waals surface area contributed by atoms with E-state index in [0.29, 0.717) is 0 Å². The highest BCUT2D eigenvalue weighted by molar-refractivity contribution is 6.38. The van der Waals surface area contributed by atoms with E-state index >= 15 is 0 Å². The first-order valence-electron chi connectivity index (χ1n) is 29.6. The van der Waals surface area contributed by atoms with Crippen LogP contribution in [0.2, 0.25) is 0 Å². The van der Waals surface area contributed by atoms with Crippen LogP contribution in [0, 0.1) is 13.8 Å². The van der Waals surface area contributed by atoms with Crippen molar-refractivity contribution in [3.63, 3.8) is 0 Å². The molecule has 0 radical (unpaired) electrons. The molecule has 6 nitrogen and oxygen atoms in total. The SMILES string of the molecule is Cc1ccccc1N(c1ccc2c(c1)c1cccc3c4c(-c5ccccc5)c5c(c(-c6ccccc6)c4n2c13)c1cccc2c3cc(N(c4ccccc4C)c4cccc6c4oc4ccccc46)ccc3n5c21)c1cccc2c1oc1ccccc12. The molecule has 6 heteroatoms. The summed E-state index contributed by atoms with van der Waals surface area (Å²) in [5.41, 5.74) is 24.1. The molecule has 0 aliphatic heterocycles. The standard InChI is InChI=1S/C80H50N4O2/c1-47-21-9-13-35-63(47)81(67-37-19-31-57-53-27-11-15-39-69(53)85-79(57)67)51-41-43-65-61(45-51)55-29-17-33-59-73-72(50-25-7-4-8-26-50)78-74(71(49-23-5-3-6-24-49)77(73)83(65)75(55)59)60-34-18-30-56-62-46-52(42-44-66(62)84(78)76(56)60)82(64-36-14-10-22-48(64)2)68-38-20-32-58-54-28-12-16-40-70(54)86-80(58)68/h3-46H,1-2H3. The Morgan fingerprint density at radius 3 is 1.09 bits per heavy atom. The minimum atomic E-state index is 0.862. The van der Waals surface area contributed by atoms with Gasteiger partial charge in [-0.3, -0.25) is 0 Å². The molecule has 0 unspecified atom stereocenters. The van der Waals surface area contributed by atoms with Gasteiger partial charge in [0.1, 0.15) is 11.2 Å². The fourth-order valence-corrected chi connectivity index (χ4v) is 15.0. The van der Waals surface area contributed by atoms with Gasteiger partial charge in [0.25, 0.3) is 0 Å². The first-order chi connectivity index (χ1) is 42.6. The molecule has 0 fully saturated rings. The second-order valence-corrected chi connectivity index (χ2v) is 23.2. The molecule has 0 atom stereocenters. The number of para-hydroxylation sites is 8. The van der Waals surface area contributed by atoms with E-state index in [1.165, 1.54) is 98.5 Å². The lowest BCUT2D eigenvalue weighted by atomic mass is 9.89. The molecule has 86 heavy (non-hydrogen) atoms. The zero-order valence-corrected chi connectivity index (χ0v) is 47.0. The van der Waals surface area contributed by atoms with Gasteiger partial charge in [-0.15, -0.1) is 0 Å². The molecule has 19 aromatic rings. The third-order valence-corrected chi connectivity index (χ3v) is 18.6. The summed E-state index contributed by atoms with van der Waals surface area (Å²) in [5.74, 6) is 0. The molecule has 0 bridgehead atoms. The van der Waals surface area contributed by atoms with Crippen LogP contribution in [-0.2, 0) is 0 Å². The zero-order chi connectivity index (χ0) is 56.5. The Morgan fingerprint density at radius 2 is 0.640 bits per heavy atom. The number of hydrogen-bond donors (Lipinski definition) is 0. The van der Waals surface area contributed by atoms with Gasteiger partial charge in [0.05, 0.1) is 44.5 Å². The number of anilines is 6. The summed E-state index contributed by atoms with van der Waals surface area (Å²) in [5, 5.41) is 14.1. The maximum Gasteiger partial charge on any atom is 0.159 e. The molecule has 0 aliphatic carbocycles. The monoisotopic (exact) mass is 1100 g/mol. The maximum absolute atomic E-state index is 6.80. The summed E-state index contributed by atoms with van der Waals surface area (Å²) in [7, 11) is 0. The summed E-state index contributed by atoms with van der Waals surface area (Å²) < 4.78 is 18.8. The molecule has 19 rings (SSSR count). The first kappa shape index (κ1) is 47.2. The van der Waals surface area contributed by atoms with Gasteiger partial charge < -0.3 is 27.4 Å². The average Bonchev–Trinajstić information content (AvgIpc) is 1.56. The number of rotatable bonds is 8. The topological polar surface area (TPSA) is 41.6 Å². The highest BCUT2D eigenvalue weighted by Gasteiger charge is 2.32. The molecule has 0 aliphatic rings. The Balaban J connectivity index is 0.913. The fourth-order valence-electron chi connectivity index (χ4n) is 15.0. The zero-order valence-electron chi connectivity index (χ0n) is 47.0. The number of furan rings is 2. The highest BCUT2D eigenvalue weighted by atomic mass is 16.3. The van der Waals surface area contributed by atoms with Gasteiger partial charge in [0, 0.05) is 98.5 Å². The van der Waals surface area contributed by atoms with E-state index in [1.54, 1.807) is 0 Å². The molecule has 13 aromatic carbocycles. The molecule has 0 N–H and O–H groups in total. The van der Waals surface area contributed by atoms with Crippen LogP contribution in [0.4, 0.5) is 34.1 Å². The van der Waals surface area contributed by atoms with Crippen molar-refractivity contribution >= 4 is 154 Å². The smallest absolute Gasteiger partial charge is 0.159 e. The molecular weight excluding hydrogens is 1050 g/mol. The summed E-state index contributed by atoms with van der Waals surface area (Å²) in [6.07, 6.45) is 0. The molecule has 402 valence electrons. The van der Waals surface area contributed by atoms with Gasteiger partial charge in [-0.1, -0.05) is 194 Å². The predicted octanol–water partition coefficient (Wildman–Crippen LogP) is 22.7. The third-order valence-electron chi connectivity index (χ3n) is 18.6.